The zero-order valence-corrected chi connectivity index (χ0v) is 14.9. The summed E-state index contributed by atoms with van der Waals surface area (Å²) in [4.78, 5) is 11.5. The van der Waals surface area contributed by atoms with Crippen LogP contribution in [0.3, 0.4) is 0 Å². The molecule has 0 bridgehead atoms. The number of fused-ring (bicyclic) bond motifs is 1. The van der Waals surface area contributed by atoms with Crippen LogP contribution < -0.4 is 4.90 Å². The lowest BCUT2D eigenvalue weighted by Crippen LogP contribution is -2.37. The van der Waals surface area contributed by atoms with Crippen LogP contribution in [0.4, 0.5) is 5.82 Å². The summed E-state index contributed by atoms with van der Waals surface area (Å²) in [6.07, 6.45) is 5.46. The third-order valence-electron chi connectivity index (χ3n) is 4.92. The number of aromatic nitrogens is 3. The first-order valence-electron chi connectivity index (χ1n) is 9.14. The van der Waals surface area contributed by atoms with E-state index in [-0.39, 0.29) is 0 Å². The number of ether oxygens (including phenoxy) is 1. The summed E-state index contributed by atoms with van der Waals surface area (Å²) in [6.45, 7) is 3.85. The molecule has 0 N–H and O–H groups in total. The fourth-order valence-corrected chi connectivity index (χ4v) is 3.64. The maximum Gasteiger partial charge on any atom is 0.156 e. The minimum Gasteiger partial charge on any atom is -0.464 e. The van der Waals surface area contributed by atoms with Crippen molar-refractivity contribution in [1.29, 1.82) is 0 Å². The Hall–Kier alpha value is -3.12. The van der Waals surface area contributed by atoms with Gasteiger partial charge in [-0.3, -0.25) is 0 Å². The average Bonchev–Trinajstić information content (AvgIpc) is 3.38. The van der Waals surface area contributed by atoms with Gasteiger partial charge in [0.2, 0.25) is 0 Å². The van der Waals surface area contributed by atoms with Gasteiger partial charge in [-0.2, -0.15) is 0 Å². The first kappa shape index (κ1) is 16.1. The lowest BCUT2D eigenvalue weighted by molar-refractivity contribution is 0.122. The molecule has 4 aromatic rings. The summed E-state index contributed by atoms with van der Waals surface area (Å²) in [5.41, 5.74) is 4.17. The molecule has 5 rings (SSSR count). The van der Waals surface area contributed by atoms with Crippen molar-refractivity contribution in [2.75, 3.05) is 31.2 Å². The van der Waals surface area contributed by atoms with Gasteiger partial charge in [0.05, 0.1) is 25.0 Å². The highest BCUT2D eigenvalue weighted by molar-refractivity contribution is 5.97. The minimum absolute atomic E-state index is 0.718. The van der Waals surface area contributed by atoms with Crippen molar-refractivity contribution in [2.45, 2.75) is 6.54 Å². The summed E-state index contributed by atoms with van der Waals surface area (Å²) < 4.78 is 13.4. The second kappa shape index (κ2) is 6.89. The number of anilines is 1. The molecule has 1 aromatic carbocycles. The number of furan rings is 1. The lowest BCUT2D eigenvalue weighted by atomic mass is 10.2. The largest absolute Gasteiger partial charge is 0.464 e. The molecule has 1 fully saturated rings. The molecule has 0 spiro atoms. The zero-order chi connectivity index (χ0) is 18.1. The molecule has 27 heavy (non-hydrogen) atoms. The number of morpholine rings is 1. The van der Waals surface area contributed by atoms with E-state index in [1.54, 1.807) is 12.6 Å². The minimum atomic E-state index is 0.718. The summed E-state index contributed by atoms with van der Waals surface area (Å²) in [5.74, 6) is 1.77. The molecule has 3 aromatic heterocycles. The standard InChI is InChI=1S/C21H20N4O2/c1-2-5-16(6-3-1)13-25-14-17(18-7-4-10-27-18)19-20(25)21(23-15-22-19)24-8-11-26-12-9-24/h1-7,10,14-15H,8-9,11-13H2. The molecule has 0 atom stereocenters. The molecule has 6 heteroatoms. The van der Waals surface area contributed by atoms with E-state index in [1.807, 2.05) is 18.2 Å². The maximum absolute atomic E-state index is 5.67. The predicted octanol–water partition coefficient (Wildman–Crippen LogP) is 3.58. The van der Waals surface area contributed by atoms with Crippen LogP contribution in [0.15, 0.2) is 65.7 Å². The molecule has 136 valence electrons. The molecule has 0 radical (unpaired) electrons. The van der Waals surface area contributed by atoms with Gasteiger partial charge in [-0.05, 0) is 17.7 Å². The van der Waals surface area contributed by atoms with E-state index in [2.05, 4.69) is 49.9 Å². The Morgan fingerprint density at radius 1 is 0.963 bits per heavy atom. The van der Waals surface area contributed by atoms with Crippen molar-refractivity contribution in [2.24, 2.45) is 0 Å². The summed E-state index contributed by atoms with van der Waals surface area (Å²) in [6, 6.07) is 14.3. The molecular formula is C21H20N4O2. The van der Waals surface area contributed by atoms with Crippen molar-refractivity contribution in [3.8, 4) is 11.3 Å². The van der Waals surface area contributed by atoms with Crippen molar-refractivity contribution in [1.82, 2.24) is 14.5 Å². The molecule has 1 aliphatic rings. The van der Waals surface area contributed by atoms with Crippen LogP contribution in [0.1, 0.15) is 5.56 Å². The predicted molar refractivity (Wildman–Crippen MR) is 104 cm³/mol. The highest BCUT2D eigenvalue weighted by Gasteiger charge is 2.22. The number of benzene rings is 1. The molecule has 1 aliphatic heterocycles. The Labute approximate surface area is 157 Å². The normalized spacial score (nSPS) is 14.7. The number of hydrogen-bond acceptors (Lipinski definition) is 5. The fourth-order valence-electron chi connectivity index (χ4n) is 3.64. The summed E-state index contributed by atoms with van der Waals surface area (Å²) in [5, 5.41) is 0. The third kappa shape index (κ3) is 2.98. The maximum atomic E-state index is 5.67. The lowest BCUT2D eigenvalue weighted by Gasteiger charge is -2.28. The van der Waals surface area contributed by atoms with Crippen LogP contribution >= 0.6 is 0 Å². The van der Waals surface area contributed by atoms with Gasteiger partial charge in [-0.1, -0.05) is 30.3 Å². The summed E-state index contributed by atoms with van der Waals surface area (Å²) >= 11 is 0. The Balaban J connectivity index is 1.69. The molecule has 0 saturated carbocycles. The highest BCUT2D eigenvalue weighted by Crippen LogP contribution is 2.34. The van der Waals surface area contributed by atoms with E-state index >= 15 is 0 Å². The smallest absolute Gasteiger partial charge is 0.156 e. The zero-order valence-electron chi connectivity index (χ0n) is 14.9. The van der Waals surface area contributed by atoms with E-state index in [0.717, 1.165) is 61.0 Å². The Kier molecular flexibility index (Phi) is 4.10. The van der Waals surface area contributed by atoms with Crippen LogP contribution in [-0.2, 0) is 11.3 Å². The van der Waals surface area contributed by atoms with Crippen molar-refractivity contribution >= 4 is 16.9 Å². The van der Waals surface area contributed by atoms with Gasteiger partial charge in [-0.25, -0.2) is 9.97 Å². The van der Waals surface area contributed by atoms with Gasteiger partial charge in [0.1, 0.15) is 23.1 Å². The number of rotatable bonds is 4. The molecular weight excluding hydrogens is 340 g/mol. The third-order valence-corrected chi connectivity index (χ3v) is 4.92. The Morgan fingerprint density at radius 2 is 1.81 bits per heavy atom. The average molecular weight is 360 g/mol. The number of nitrogens with zero attached hydrogens (tertiary/aromatic N) is 4. The van der Waals surface area contributed by atoms with E-state index in [4.69, 9.17) is 9.15 Å². The van der Waals surface area contributed by atoms with E-state index in [9.17, 15) is 0 Å². The topological polar surface area (TPSA) is 56.3 Å². The van der Waals surface area contributed by atoms with Crippen molar-refractivity contribution in [3.05, 3.63) is 66.8 Å². The van der Waals surface area contributed by atoms with E-state index in [0.29, 0.717) is 0 Å². The van der Waals surface area contributed by atoms with Gasteiger partial charge >= 0.3 is 0 Å². The van der Waals surface area contributed by atoms with Crippen molar-refractivity contribution in [3.63, 3.8) is 0 Å². The Morgan fingerprint density at radius 3 is 2.59 bits per heavy atom. The molecule has 0 aliphatic carbocycles. The Bertz CT molecular complexity index is 1030. The van der Waals surface area contributed by atoms with E-state index in [1.165, 1.54) is 5.56 Å². The van der Waals surface area contributed by atoms with Crippen LogP contribution in [-0.4, -0.2) is 40.8 Å². The van der Waals surface area contributed by atoms with Gasteiger partial charge in [-0.15, -0.1) is 0 Å². The van der Waals surface area contributed by atoms with Crippen molar-refractivity contribution < 1.29 is 9.15 Å². The molecule has 0 unspecified atom stereocenters. The second-order valence-corrected chi connectivity index (χ2v) is 6.63. The van der Waals surface area contributed by atoms with Gasteiger partial charge < -0.3 is 18.6 Å². The molecule has 1 saturated heterocycles. The SMILES string of the molecule is c1ccc(Cn2cc(-c3ccco3)c3ncnc(N4CCOCC4)c32)cc1. The second-order valence-electron chi connectivity index (χ2n) is 6.63. The highest BCUT2D eigenvalue weighted by atomic mass is 16.5. The van der Waals surface area contributed by atoms with Gasteiger partial charge in [0, 0.05) is 25.8 Å². The first-order chi connectivity index (χ1) is 13.4. The van der Waals surface area contributed by atoms with Crippen LogP contribution in [0, 0.1) is 0 Å². The van der Waals surface area contributed by atoms with Gasteiger partial charge in [0.25, 0.3) is 0 Å². The molecule has 4 heterocycles. The summed E-state index contributed by atoms with van der Waals surface area (Å²) in [7, 11) is 0. The van der Waals surface area contributed by atoms with Crippen LogP contribution in [0.5, 0.6) is 0 Å². The van der Waals surface area contributed by atoms with Gasteiger partial charge in [0.15, 0.2) is 5.82 Å². The van der Waals surface area contributed by atoms with E-state index < -0.39 is 0 Å². The number of hydrogen-bond donors (Lipinski definition) is 0. The monoisotopic (exact) mass is 360 g/mol. The first-order valence-corrected chi connectivity index (χ1v) is 9.14. The molecule has 6 nitrogen and oxygen atoms in total. The van der Waals surface area contributed by atoms with Crippen LogP contribution in [0.25, 0.3) is 22.4 Å². The molecule has 0 amide bonds. The van der Waals surface area contributed by atoms with Crippen LogP contribution in [0.2, 0.25) is 0 Å². The quantitative estimate of drug-likeness (QED) is 0.557. The fraction of sp³-hybridized carbons (Fsp3) is 0.238.